The number of benzene rings is 2. The Labute approximate surface area is 404 Å². The fourth-order valence-corrected chi connectivity index (χ4v) is 16.6. The molecule has 5 saturated carbocycles. The molecule has 364 valence electrons. The van der Waals surface area contributed by atoms with E-state index in [1.807, 2.05) is 73.5 Å². The molecule has 2 N–H and O–H groups in total. The van der Waals surface area contributed by atoms with Gasteiger partial charge in [0.15, 0.2) is 5.78 Å². The fraction of sp³-hybridized carbons (Fsp3) is 0.638. The molecule has 1 aromatic heterocycles. The van der Waals surface area contributed by atoms with Gasteiger partial charge in [0.1, 0.15) is 18.5 Å². The van der Waals surface area contributed by atoms with Crippen LogP contribution in [0.2, 0.25) is 0 Å². The number of H-pyrrole nitrogens is 1. The number of esters is 2. The lowest BCUT2D eigenvalue weighted by molar-refractivity contribution is -0.235. The minimum absolute atomic E-state index is 0.0214. The van der Waals surface area contributed by atoms with Crippen LogP contribution in [0.3, 0.4) is 0 Å². The predicted octanol–water partition coefficient (Wildman–Crippen LogP) is 12.0. The van der Waals surface area contributed by atoms with E-state index in [0.29, 0.717) is 31.2 Å². The number of urea groups is 1. The smallest absolute Gasteiger partial charge is 0.318 e. The average molecular weight is 925 g/mol. The number of Topliss-reactive ketones (excluding diaryl/α,β-unsaturated/α-hetero) is 1. The second kappa shape index (κ2) is 16.7. The third-order valence-corrected chi connectivity index (χ3v) is 20.5. The summed E-state index contributed by atoms with van der Waals surface area (Å²) in [5.41, 5.74) is 3.73. The van der Waals surface area contributed by atoms with Gasteiger partial charge in [-0.15, -0.1) is 0 Å². The van der Waals surface area contributed by atoms with Gasteiger partial charge in [-0.3, -0.25) is 14.4 Å². The topological polar surface area (TPSA) is 131 Å². The Bertz CT molecular complexity index is 2490. The lowest BCUT2D eigenvalue weighted by Gasteiger charge is -2.72. The van der Waals surface area contributed by atoms with E-state index in [0.717, 1.165) is 92.4 Å². The van der Waals surface area contributed by atoms with Crippen molar-refractivity contribution >= 4 is 23.8 Å². The van der Waals surface area contributed by atoms with Crippen LogP contribution in [0.25, 0.3) is 11.3 Å². The zero-order chi connectivity index (χ0) is 48.2. The maximum atomic E-state index is 14.8. The van der Waals surface area contributed by atoms with Crippen LogP contribution in [-0.2, 0) is 30.5 Å². The Balaban J connectivity index is 0.846. The number of nitrogens with zero attached hydrogens (tertiary/aromatic N) is 2. The van der Waals surface area contributed by atoms with E-state index in [4.69, 9.17) is 14.5 Å². The summed E-state index contributed by atoms with van der Waals surface area (Å²) >= 11 is 0. The van der Waals surface area contributed by atoms with Gasteiger partial charge in [-0.25, -0.2) is 9.78 Å². The highest BCUT2D eigenvalue weighted by Crippen LogP contribution is 2.76. The van der Waals surface area contributed by atoms with Gasteiger partial charge >= 0.3 is 18.0 Å². The quantitative estimate of drug-likeness (QED) is 0.204. The maximum absolute atomic E-state index is 14.8. The Morgan fingerprint density at radius 2 is 1.50 bits per heavy atom. The molecule has 0 spiro atoms. The lowest BCUT2D eigenvalue weighted by Crippen LogP contribution is -2.67. The first-order valence-corrected chi connectivity index (χ1v) is 26.1. The SMILES string of the molecule is CC(C)C1=C2[C@H]3CC[C@@H]4[C@@]5(C)CC[C@H](OC(=O)[C@H]6C[C@@H](C(=O)OCc7ccccc7)C6(C)C)C(C)(C)[C@@H]5CC[C@@]4(C)[C@]3(C)CCC2(NC(=O)N2CCC[C@H]2c2ncc(-c3ccccc3)[nH]2)CC1=O. The van der Waals surface area contributed by atoms with Gasteiger partial charge in [0.05, 0.1) is 35.3 Å². The molecule has 1 saturated heterocycles. The van der Waals surface area contributed by atoms with Crippen molar-refractivity contribution in [2.24, 2.45) is 62.6 Å². The number of hydrogen-bond acceptors (Lipinski definition) is 7. The number of allylic oxidation sites excluding steroid dienone is 1. The van der Waals surface area contributed by atoms with Crippen LogP contribution >= 0.6 is 0 Å². The number of likely N-dealkylation sites (tertiary alicyclic amines) is 1. The molecule has 6 fully saturated rings. The van der Waals surface area contributed by atoms with Crippen LogP contribution in [-0.4, -0.2) is 56.8 Å². The summed E-state index contributed by atoms with van der Waals surface area (Å²) in [6.07, 6.45) is 12.0. The van der Waals surface area contributed by atoms with E-state index in [1.54, 1.807) is 0 Å². The largest absolute Gasteiger partial charge is 0.462 e. The van der Waals surface area contributed by atoms with Crippen LogP contribution in [0.5, 0.6) is 0 Å². The van der Waals surface area contributed by atoms with Crippen molar-refractivity contribution in [1.29, 1.82) is 0 Å². The number of aromatic amines is 1. The number of amides is 2. The van der Waals surface area contributed by atoms with Crippen LogP contribution < -0.4 is 5.32 Å². The first-order chi connectivity index (χ1) is 32.2. The Hall–Kier alpha value is -4.73. The highest BCUT2D eigenvalue weighted by molar-refractivity contribution is 6.02. The summed E-state index contributed by atoms with van der Waals surface area (Å²) in [4.78, 5) is 66.8. The summed E-state index contributed by atoms with van der Waals surface area (Å²) in [6, 6.07) is 19.7. The van der Waals surface area contributed by atoms with Gasteiger partial charge in [0, 0.05) is 18.4 Å². The van der Waals surface area contributed by atoms with E-state index in [-0.39, 0.29) is 87.8 Å². The normalized spacial score (nSPS) is 36.8. The molecule has 2 aromatic carbocycles. The zero-order valence-electron chi connectivity index (χ0n) is 42.2. The monoisotopic (exact) mass is 925 g/mol. The van der Waals surface area contributed by atoms with Gasteiger partial charge in [-0.2, -0.15) is 0 Å². The Morgan fingerprint density at radius 1 is 0.794 bits per heavy atom. The van der Waals surface area contributed by atoms with Gasteiger partial charge in [0.25, 0.3) is 0 Å². The number of rotatable bonds is 9. The zero-order valence-corrected chi connectivity index (χ0v) is 42.2. The van der Waals surface area contributed by atoms with E-state index in [9.17, 15) is 19.2 Å². The molecule has 10 rings (SSSR count). The number of nitrogens with one attached hydrogen (secondary N) is 2. The third-order valence-electron chi connectivity index (χ3n) is 20.5. The molecule has 1 unspecified atom stereocenters. The molecule has 10 heteroatoms. The summed E-state index contributed by atoms with van der Waals surface area (Å²) in [6.45, 7) is 21.6. The van der Waals surface area contributed by atoms with Crippen molar-refractivity contribution < 1.29 is 28.7 Å². The molecule has 7 aliphatic rings. The number of ether oxygens (including phenoxy) is 2. The molecular formula is C58H76N4O6. The molecule has 68 heavy (non-hydrogen) atoms. The van der Waals surface area contributed by atoms with Gasteiger partial charge in [-0.05, 0) is 138 Å². The predicted molar refractivity (Wildman–Crippen MR) is 262 cm³/mol. The van der Waals surface area contributed by atoms with Crippen LogP contribution in [0.15, 0.2) is 78.0 Å². The van der Waals surface area contributed by atoms with Crippen molar-refractivity contribution in [2.75, 3.05) is 6.54 Å². The van der Waals surface area contributed by atoms with Crippen LogP contribution in [0.1, 0.15) is 157 Å². The maximum Gasteiger partial charge on any atom is 0.318 e. The van der Waals surface area contributed by atoms with Crippen molar-refractivity contribution in [3.8, 4) is 11.3 Å². The summed E-state index contributed by atoms with van der Waals surface area (Å²) in [5, 5.41) is 3.65. The molecule has 2 amide bonds. The summed E-state index contributed by atoms with van der Waals surface area (Å²) in [7, 11) is 0. The summed E-state index contributed by atoms with van der Waals surface area (Å²) in [5.74, 6) is 1.04. The van der Waals surface area contributed by atoms with Crippen LogP contribution in [0.4, 0.5) is 4.79 Å². The van der Waals surface area contributed by atoms with E-state index in [2.05, 4.69) is 70.9 Å². The first kappa shape index (κ1) is 47.0. The number of ketones is 1. The second-order valence-corrected chi connectivity index (χ2v) is 24.6. The standard InChI is InChI=1S/C58H76N4O6/c1-35(2)47-43(63)32-58(61-52(66)62-30-16-21-42(62)49-59-33-41(60-49)37-19-14-11-15-20-37)29-28-56(8)38(48(47)58)22-23-45-55(7)26-25-46(54(5,6)44(55)24-27-57(45,56)9)68-51(65)40-31-39(53(40,3)4)50(64)67-34-36-17-12-10-13-18-36/h10-15,17-20,33,35,38-40,42,44-46H,16,21-32,34H2,1-9H3,(H,59,60)(H,61,66)/t38-,39+,40-,42+,44+,45-,46+,55+,56-,57-,58?/m1/s1. The number of hydrogen-bond donors (Lipinski definition) is 2. The van der Waals surface area contributed by atoms with Gasteiger partial charge in [-0.1, -0.05) is 123 Å². The molecular weight excluding hydrogens is 849 g/mol. The molecule has 0 radical (unpaired) electrons. The highest BCUT2D eigenvalue weighted by atomic mass is 16.5. The third kappa shape index (κ3) is 7.16. The van der Waals surface area contributed by atoms with Gasteiger partial charge in [0.2, 0.25) is 0 Å². The lowest BCUT2D eigenvalue weighted by atomic mass is 9.33. The van der Waals surface area contributed by atoms with E-state index < -0.39 is 11.0 Å². The molecule has 1 aliphatic heterocycles. The average Bonchev–Trinajstić information content (AvgIpc) is 4.05. The van der Waals surface area contributed by atoms with Crippen LogP contribution in [0, 0.1) is 62.6 Å². The number of carbonyl (C=O) groups is 4. The fourth-order valence-electron chi connectivity index (χ4n) is 16.6. The van der Waals surface area contributed by atoms with E-state index in [1.165, 1.54) is 5.57 Å². The molecule has 6 aliphatic carbocycles. The number of carbonyl (C=O) groups excluding carboxylic acids is 4. The first-order valence-electron chi connectivity index (χ1n) is 26.1. The molecule has 11 atom stereocenters. The molecule has 2 heterocycles. The number of fused-ring (bicyclic) bond motifs is 7. The van der Waals surface area contributed by atoms with Crippen molar-refractivity contribution in [3.05, 3.63) is 89.4 Å². The van der Waals surface area contributed by atoms with E-state index >= 15 is 0 Å². The van der Waals surface area contributed by atoms with Crippen molar-refractivity contribution in [2.45, 2.75) is 164 Å². The number of imidazole rings is 1. The minimum Gasteiger partial charge on any atom is -0.462 e. The molecule has 0 bridgehead atoms. The Kier molecular flexibility index (Phi) is 11.5. The molecule has 10 nitrogen and oxygen atoms in total. The van der Waals surface area contributed by atoms with Gasteiger partial charge < -0.3 is 24.7 Å². The van der Waals surface area contributed by atoms with Crippen molar-refractivity contribution in [3.63, 3.8) is 0 Å². The second-order valence-electron chi connectivity index (χ2n) is 24.6. The molecule has 3 aromatic rings. The minimum atomic E-state index is -0.685. The Morgan fingerprint density at radius 3 is 2.21 bits per heavy atom. The number of aromatic nitrogens is 2. The highest BCUT2D eigenvalue weighted by Gasteiger charge is 2.71. The van der Waals surface area contributed by atoms with Crippen molar-refractivity contribution in [1.82, 2.24) is 20.2 Å². The summed E-state index contributed by atoms with van der Waals surface area (Å²) < 4.78 is 12.3.